The largest absolute Gasteiger partial charge is 0.421 e. The summed E-state index contributed by atoms with van der Waals surface area (Å²) in [5.74, 6) is 0.773. The average molecular weight is 356 g/mol. The van der Waals surface area contributed by atoms with Crippen molar-refractivity contribution in [1.29, 1.82) is 0 Å². The molecule has 0 aliphatic carbocycles. The van der Waals surface area contributed by atoms with Gasteiger partial charge in [0, 0.05) is 29.1 Å². The van der Waals surface area contributed by atoms with E-state index in [1.54, 1.807) is 12.1 Å². The number of halogens is 1. The number of aryl methyl sites for hydroxylation is 2. The lowest BCUT2D eigenvalue weighted by Gasteiger charge is -2.08. The van der Waals surface area contributed by atoms with Crippen LogP contribution in [0.25, 0.3) is 11.5 Å². The molecule has 1 N–H and O–H groups in total. The van der Waals surface area contributed by atoms with E-state index in [-0.39, 0.29) is 12.3 Å². The van der Waals surface area contributed by atoms with Crippen LogP contribution in [0.3, 0.4) is 0 Å². The van der Waals surface area contributed by atoms with Crippen molar-refractivity contribution in [3.05, 3.63) is 64.5 Å². The highest BCUT2D eigenvalue weighted by Gasteiger charge is 2.12. The maximum atomic E-state index is 12.1. The van der Waals surface area contributed by atoms with Gasteiger partial charge in [-0.25, -0.2) is 0 Å². The molecule has 128 valence electrons. The lowest BCUT2D eigenvalue weighted by atomic mass is 10.1. The van der Waals surface area contributed by atoms with Crippen molar-refractivity contribution in [2.75, 3.05) is 5.32 Å². The first kappa shape index (κ1) is 17.2. The lowest BCUT2D eigenvalue weighted by Crippen LogP contribution is -2.13. The number of benzene rings is 2. The first-order valence-electron chi connectivity index (χ1n) is 7.97. The third kappa shape index (κ3) is 4.25. The van der Waals surface area contributed by atoms with E-state index in [0.29, 0.717) is 28.9 Å². The molecule has 1 aromatic heterocycles. The summed E-state index contributed by atoms with van der Waals surface area (Å²) in [5, 5.41) is 11.5. The summed E-state index contributed by atoms with van der Waals surface area (Å²) in [6, 6.07) is 13.2. The predicted molar refractivity (Wildman–Crippen MR) is 97.6 cm³/mol. The van der Waals surface area contributed by atoms with Crippen molar-refractivity contribution in [2.45, 2.75) is 26.7 Å². The van der Waals surface area contributed by atoms with E-state index >= 15 is 0 Å². The molecular weight excluding hydrogens is 338 g/mol. The number of carbonyl (C=O) groups excluding carboxylic acids is 1. The zero-order valence-corrected chi connectivity index (χ0v) is 14.8. The Kier molecular flexibility index (Phi) is 5.14. The summed E-state index contributed by atoms with van der Waals surface area (Å²) in [4.78, 5) is 12.1. The highest BCUT2D eigenvalue weighted by Crippen LogP contribution is 2.23. The Bertz CT molecular complexity index is 888. The molecule has 2 aromatic carbocycles. The third-order valence-corrected chi connectivity index (χ3v) is 4.28. The molecule has 0 unspecified atom stereocenters. The van der Waals surface area contributed by atoms with Gasteiger partial charge in [-0.2, -0.15) is 0 Å². The number of nitrogens with one attached hydrogen (secondary N) is 1. The number of nitrogens with zero attached hydrogens (tertiary/aromatic N) is 2. The van der Waals surface area contributed by atoms with Gasteiger partial charge in [0.25, 0.3) is 0 Å². The van der Waals surface area contributed by atoms with E-state index in [1.165, 1.54) is 0 Å². The van der Waals surface area contributed by atoms with Crippen LogP contribution in [-0.2, 0) is 11.2 Å². The van der Waals surface area contributed by atoms with Gasteiger partial charge in [0.1, 0.15) is 0 Å². The van der Waals surface area contributed by atoms with Crippen LogP contribution in [0.4, 0.5) is 5.69 Å². The Hall–Kier alpha value is -2.66. The fourth-order valence-electron chi connectivity index (χ4n) is 2.34. The molecule has 0 aliphatic rings. The van der Waals surface area contributed by atoms with Crippen molar-refractivity contribution < 1.29 is 9.21 Å². The number of hydrogen-bond donors (Lipinski definition) is 1. The second-order valence-corrected chi connectivity index (χ2v) is 6.23. The van der Waals surface area contributed by atoms with Gasteiger partial charge in [0.15, 0.2) is 0 Å². The Balaban J connectivity index is 1.59. The first-order chi connectivity index (χ1) is 12.0. The van der Waals surface area contributed by atoms with Gasteiger partial charge in [0.05, 0.1) is 0 Å². The Morgan fingerprint density at radius 1 is 1.12 bits per heavy atom. The van der Waals surface area contributed by atoms with Gasteiger partial charge in [-0.15, -0.1) is 10.2 Å². The molecule has 5 nitrogen and oxygen atoms in total. The second-order valence-electron chi connectivity index (χ2n) is 5.83. The SMILES string of the molecule is Cc1ccc(-c2nnc(CCC(=O)Nc3cccc(Cl)c3C)o2)cc1. The zero-order valence-electron chi connectivity index (χ0n) is 14.0. The van der Waals surface area contributed by atoms with Gasteiger partial charge in [-0.1, -0.05) is 35.4 Å². The summed E-state index contributed by atoms with van der Waals surface area (Å²) >= 11 is 6.06. The fraction of sp³-hybridized carbons (Fsp3) is 0.211. The van der Waals surface area contributed by atoms with E-state index in [2.05, 4.69) is 15.5 Å². The van der Waals surface area contributed by atoms with Crippen molar-refractivity contribution >= 4 is 23.2 Å². The normalized spacial score (nSPS) is 10.7. The maximum Gasteiger partial charge on any atom is 0.247 e. The van der Waals surface area contributed by atoms with Crippen LogP contribution >= 0.6 is 11.6 Å². The van der Waals surface area contributed by atoms with E-state index < -0.39 is 0 Å². The van der Waals surface area contributed by atoms with Crippen LogP contribution in [0.1, 0.15) is 23.4 Å². The first-order valence-corrected chi connectivity index (χ1v) is 8.35. The molecule has 0 bridgehead atoms. The summed E-state index contributed by atoms with van der Waals surface area (Å²) in [6.07, 6.45) is 0.631. The van der Waals surface area contributed by atoms with Crippen molar-refractivity contribution in [2.24, 2.45) is 0 Å². The average Bonchev–Trinajstić information content (AvgIpc) is 3.07. The highest BCUT2D eigenvalue weighted by molar-refractivity contribution is 6.31. The zero-order chi connectivity index (χ0) is 17.8. The van der Waals surface area contributed by atoms with Crippen LogP contribution in [-0.4, -0.2) is 16.1 Å². The molecule has 0 radical (unpaired) electrons. The van der Waals surface area contributed by atoms with E-state index in [4.69, 9.17) is 16.0 Å². The van der Waals surface area contributed by atoms with Crippen LogP contribution in [0.5, 0.6) is 0 Å². The number of carbonyl (C=O) groups is 1. The molecule has 0 atom stereocenters. The number of anilines is 1. The number of amides is 1. The second kappa shape index (κ2) is 7.49. The Morgan fingerprint density at radius 2 is 1.88 bits per heavy atom. The molecule has 3 aromatic rings. The number of hydrogen-bond acceptors (Lipinski definition) is 4. The maximum absolute atomic E-state index is 12.1. The monoisotopic (exact) mass is 355 g/mol. The lowest BCUT2D eigenvalue weighted by molar-refractivity contribution is -0.116. The minimum absolute atomic E-state index is 0.125. The molecule has 6 heteroatoms. The van der Waals surface area contributed by atoms with Gasteiger partial charge < -0.3 is 9.73 Å². The quantitative estimate of drug-likeness (QED) is 0.727. The van der Waals surface area contributed by atoms with E-state index in [1.807, 2.05) is 44.2 Å². The molecule has 0 aliphatic heterocycles. The molecule has 25 heavy (non-hydrogen) atoms. The summed E-state index contributed by atoms with van der Waals surface area (Å²) < 4.78 is 5.63. The number of rotatable bonds is 5. The van der Waals surface area contributed by atoms with Crippen LogP contribution in [0.15, 0.2) is 46.9 Å². The van der Waals surface area contributed by atoms with E-state index in [0.717, 1.165) is 16.7 Å². The van der Waals surface area contributed by atoms with Gasteiger partial charge in [0.2, 0.25) is 17.7 Å². The number of aromatic nitrogens is 2. The highest BCUT2D eigenvalue weighted by atomic mass is 35.5. The van der Waals surface area contributed by atoms with Gasteiger partial charge in [-0.05, 0) is 43.7 Å². The molecule has 0 saturated heterocycles. The fourth-order valence-corrected chi connectivity index (χ4v) is 2.52. The Morgan fingerprint density at radius 3 is 2.64 bits per heavy atom. The standard InChI is InChI=1S/C19H18ClN3O2/c1-12-6-8-14(9-7-12)19-23-22-18(25-19)11-10-17(24)21-16-5-3-4-15(20)13(16)2/h3-9H,10-11H2,1-2H3,(H,21,24). The summed E-state index contributed by atoms with van der Waals surface area (Å²) in [6.45, 7) is 3.88. The van der Waals surface area contributed by atoms with Crippen molar-refractivity contribution in [1.82, 2.24) is 10.2 Å². The minimum Gasteiger partial charge on any atom is -0.421 e. The molecule has 0 spiro atoms. The van der Waals surface area contributed by atoms with Gasteiger partial charge in [-0.3, -0.25) is 4.79 Å². The molecule has 0 fully saturated rings. The topological polar surface area (TPSA) is 68.0 Å². The summed E-state index contributed by atoms with van der Waals surface area (Å²) in [5.41, 5.74) is 3.58. The molecule has 1 heterocycles. The molecule has 1 amide bonds. The molecule has 3 rings (SSSR count). The van der Waals surface area contributed by atoms with Crippen molar-refractivity contribution in [3.8, 4) is 11.5 Å². The van der Waals surface area contributed by atoms with Crippen LogP contribution in [0, 0.1) is 13.8 Å². The van der Waals surface area contributed by atoms with Crippen molar-refractivity contribution in [3.63, 3.8) is 0 Å². The molecule has 0 saturated carbocycles. The Labute approximate surface area is 151 Å². The van der Waals surface area contributed by atoms with Crippen LogP contribution < -0.4 is 5.32 Å². The van der Waals surface area contributed by atoms with Gasteiger partial charge >= 0.3 is 0 Å². The smallest absolute Gasteiger partial charge is 0.247 e. The van der Waals surface area contributed by atoms with Crippen LogP contribution in [0.2, 0.25) is 5.02 Å². The van der Waals surface area contributed by atoms with E-state index in [9.17, 15) is 4.79 Å². The third-order valence-electron chi connectivity index (χ3n) is 3.87. The minimum atomic E-state index is -0.125. The summed E-state index contributed by atoms with van der Waals surface area (Å²) in [7, 11) is 0. The molecular formula is C19H18ClN3O2. The predicted octanol–water partition coefficient (Wildman–Crippen LogP) is 4.58.